The highest BCUT2D eigenvalue weighted by molar-refractivity contribution is 7.91. The molecule has 0 aliphatic rings. The standard InChI is InChI=1S/C11H17NO3S/c1-3-16(13,14)7-6-15-11-8-9(2)4-5-10(11)12/h4-5,8H,3,6-7,12H2,1-2H3. The minimum absolute atomic E-state index is 0.0247. The first-order valence-corrected chi connectivity index (χ1v) is 6.96. The fourth-order valence-corrected chi connectivity index (χ4v) is 1.82. The maximum Gasteiger partial charge on any atom is 0.153 e. The molecular formula is C11H17NO3S. The van der Waals surface area contributed by atoms with Gasteiger partial charge in [-0.3, -0.25) is 0 Å². The Morgan fingerprint density at radius 2 is 2.06 bits per heavy atom. The number of hydrogen-bond donors (Lipinski definition) is 1. The van der Waals surface area contributed by atoms with E-state index in [1.807, 2.05) is 13.0 Å². The highest BCUT2D eigenvalue weighted by Gasteiger charge is 2.08. The first-order valence-electron chi connectivity index (χ1n) is 5.14. The van der Waals surface area contributed by atoms with Crippen LogP contribution in [-0.2, 0) is 9.84 Å². The lowest BCUT2D eigenvalue weighted by Crippen LogP contribution is -2.16. The molecule has 0 saturated carbocycles. The van der Waals surface area contributed by atoms with Gasteiger partial charge < -0.3 is 10.5 Å². The normalized spacial score (nSPS) is 11.4. The van der Waals surface area contributed by atoms with Crippen molar-refractivity contribution in [2.45, 2.75) is 13.8 Å². The van der Waals surface area contributed by atoms with Gasteiger partial charge in [-0.2, -0.15) is 0 Å². The molecule has 0 bridgehead atoms. The predicted octanol–water partition coefficient (Wildman–Crippen LogP) is 1.39. The fraction of sp³-hybridized carbons (Fsp3) is 0.455. The molecule has 0 atom stereocenters. The zero-order chi connectivity index (χ0) is 12.2. The van der Waals surface area contributed by atoms with Gasteiger partial charge in [0.2, 0.25) is 0 Å². The van der Waals surface area contributed by atoms with Gasteiger partial charge in [0.1, 0.15) is 12.4 Å². The van der Waals surface area contributed by atoms with Crippen LogP contribution in [0.25, 0.3) is 0 Å². The maximum atomic E-state index is 11.2. The highest BCUT2D eigenvalue weighted by Crippen LogP contribution is 2.22. The van der Waals surface area contributed by atoms with Crippen LogP contribution in [0.1, 0.15) is 12.5 Å². The number of rotatable bonds is 5. The number of anilines is 1. The topological polar surface area (TPSA) is 69.4 Å². The Morgan fingerprint density at radius 1 is 1.38 bits per heavy atom. The molecule has 1 rings (SSSR count). The van der Waals surface area contributed by atoms with Crippen molar-refractivity contribution >= 4 is 15.5 Å². The number of nitrogen functional groups attached to an aromatic ring is 1. The van der Waals surface area contributed by atoms with Crippen LogP contribution in [-0.4, -0.2) is 26.5 Å². The first kappa shape index (κ1) is 12.8. The third-order valence-corrected chi connectivity index (χ3v) is 3.93. The van der Waals surface area contributed by atoms with Crippen LogP contribution >= 0.6 is 0 Å². The van der Waals surface area contributed by atoms with Crippen LogP contribution in [0.2, 0.25) is 0 Å². The molecule has 16 heavy (non-hydrogen) atoms. The molecule has 0 unspecified atom stereocenters. The number of benzene rings is 1. The van der Waals surface area contributed by atoms with Gasteiger partial charge in [-0.25, -0.2) is 8.42 Å². The van der Waals surface area contributed by atoms with Crippen molar-refractivity contribution < 1.29 is 13.2 Å². The van der Waals surface area contributed by atoms with E-state index in [4.69, 9.17) is 10.5 Å². The summed E-state index contributed by atoms with van der Waals surface area (Å²) in [7, 11) is -2.98. The summed E-state index contributed by atoms with van der Waals surface area (Å²) in [6.07, 6.45) is 0. The Labute approximate surface area is 96.3 Å². The van der Waals surface area contributed by atoms with E-state index in [0.717, 1.165) is 5.56 Å². The average Bonchev–Trinajstić information content (AvgIpc) is 2.23. The third-order valence-electron chi connectivity index (χ3n) is 2.26. The molecule has 0 aliphatic carbocycles. The first-order chi connectivity index (χ1) is 7.44. The van der Waals surface area contributed by atoms with Crippen molar-refractivity contribution in [3.8, 4) is 5.75 Å². The Kier molecular flexibility index (Phi) is 4.18. The quantitative estimate of drug-likeness (QED) is 0.793. The van der Waals surface area contributed by atoms with Gasteiger partial charge in [0.25, 0.3) is 0 Å². The molecule has 2 N–H and O–H groups in total. The summed E-state index contributed by atoms with van der Waals surface area (Å²) in [5.74, 6) is 0.711. The highest BCUT2D eigenvalue weighted by atomic mass is 32.2. The monoisotopic (exact) mass is 243 g/mol. The van der Waals surface area contributed by atoms with E-state index in [1.165, 1.54) is 0 Å². The van der Waals surface area contributed by atoms with E-state index in [-0.39, 0.29) is 18.1 Å². The summed E-state index contributed by atoms with van der Waals surface area (Å²) in [4.78, 5) is 0. The molecule has 4 nitrogen and oxygen atoms in total. The fourth-order valence-electron chi connectivity index (χ4n) is 1.19. The van der Waals surface area contributed by atoms with Crippen molar-refractivity contribution in [3.63, 3.8) is 0 Å². The van der Waals surface area contributed by atoms with E-state index in [0.29, 0.717) is 11.4 Å². The SMILES string of the molecule is CCS(=O)(=O)CCOc1cc(C)ccc1N. The number of sulfone groups is 1. The third kappa shape index (κ3) is 3.73. The smallest absolute Gasteiger partial charge is 0.153 e. The van der Waals surface area contributed by atoms with Crippen LogP contribution in [0.5, 0.6) is 5.75 Å². The molecule has 0 saturated heterocycles. The van der Waals surface area contributed by atoms with E-state index in [1.54, 1.807) is 19.1 Å². The largest absolute Gasteiger partial charge is 0.490 e. The lowest BCUT2D eigenvalue weighted by Gasteiger charge is -2.09. The molecule has 0 aromatic heterocycles. The van der Waals surface area contributed by atoms with E-state index >= 15 is 0 Å². The van der Waals surface area contributed by atoms with Gasteiger partial charge in [0, 0.05) is 5.75 Å². The molecule has 0 spiro atoms. The van der Waals surface area contributed by atoms with Crippen molar-refractivity contribution in [1.82, 2.24) is 0 Å². The van der Waals surface area contributed by atoms with Gasteiger partial charge >= 0.3 is 0 Å². The molecule has 90 valence electrons. The zero-order valence-corrected chi connectivity index (χ0v) is 10.4. The van der Waals surface area contributed by atoms with E-state index in [9.17, 15) is 8.42 Å². The summed E-state index contributed by atoms with van der Waals surface area (Å²) < 4.78 is 27.8. The Balaban J connectivity index is 2.59. The Hall–Kier alpha value is -1.23. The molecule has 1 aromatic carbocycles. The summed E-state index contributed by atoms with van der Waals surface area (Å²) in [6, 6.07) is 5.43. The number of nitrogens with two attached hydrogens (primary N) is 1. The molecule has 0 heterocycles. The Bertz CT molecular complexity index is 454. The second-order valence-corrected chi connectivity index (χ2v) is 6.10. The zero-order valence-electron chi connectivity index (χ0n) is 9.56. The van der Waals surface area contributed by atoms with Crippen LogP contribution < -0.4 is 10.5 Å². The predicted molar refractivity (Wildman–Crippen MR) is 65.4 cm³/mol. The molecular weight excluding hydrogens is 226 g/mol. The van der Waals surface area contributed by atoms with Crippen molar-refractivity contribution in [2.75, 3.05) is 23.8 Å². The number of aryl methyl sites for hydroxylation is 1. The van der Waals surface area contributed by atoms with E-state index < -0.39 is 9.84 Å². The summed E-state index contributed by atoms with van der Waals surface area (Å²) in [5, 5.41) is 0. The van der Waals surface area contributed by atoms with Gasteiger partial charge in [-0.05, 0) is 24.6 Å². The summed E-state index contributed by atoms with van der Waals surface area (Å²) in [6.45, 7) is 3.69. The molecule has 0 amide bonds. The lowest BCUT2D eigenvalue weighted by atomic mass is 10.2. The van der Waals surface area contributed by atoms with Gasteiger partial charge in [-0.1, -0.05) is 13.0 Å². The second kappa shape index (κ2) is 5.21. The second-order valence-electron chi connectivity index (χ2n) is 3.63. The molecule has 1 aromatic rings. The molecule has 0 aliphatic heterocycles. The van der Waals surface area contributed by atoms with Crippen molar-refractivity contribution in [1.29, 1.82) is 0 Å². The van der Waals surface area contributed by atoms with E-state index in [2.05, 4.69) is 0 Å². The van der Waals surface area contributed by atoms with Crippen LogP contribution in [0.4, 0.5) is 5.69 Å². The summed E-state index contributed by atoms with van der Waals surface area (Å²) >= 11 is 0. The van der Waals surface area contributed by atoms with Gasteiger partial charge in [-0.15, -0.1) is 0 Å². The van der Waals surface area contributed by atoms with Gasteiger partial charge in [0.15, 0.2) is 9.84 Å². The lowest BCUT2D eigenvalue weighted by molar-refractivity contribution is 0.342. The summed E-state index contributed by atoms with van der Waals surface area (Å²) in [5.41, 5.74) is 7.25. The molecule has 0 fully saturated rings. The number of ether oxygens (including phenoxy) is 1. The van der Waals surface area contributed by atoms with Crippen LogP contribution in [0.15, 0.2) is 18.2 Å². The minimum Gasteiger partial charge on any atom is -0.490 e. The maximum absolute atomic E-state index is 11.2. The van der Waals surface area contributed by atoms with Crippen LogP contribution in [0, 0.1) is 6.92 Å². The minimum atomic E-state index is -2.98. The average molecular weight is 243 g/mol. The Morgan fingerprint density at radius 3 is 2.69 bits per heavy atom. The van der Waals surface area contributed by atoms with Crippen LogP contribution in [0.3, 0.4) is 0 Å². The van der Waals surface area contributed by atoms with Crippen molar-refractivity contribution in [2.24, 2.45) is 0 Å². The van der Waals surface area contributed by atoms with Crippen molar-refractivity contribution in [3.05, 3.63) is 23.8 Å². The molecule has 0 radical (unpaired) electrons. The van der Waals surface area contributed by atoms with Gasteiger partial charge in [0.05, 0.1) is 11.4 Å². The molecule has 5 heteroatoms. The number of hydrogen-bond acceptors (Lipinski definition) is 4.